The molecule has 0 N–H and O–H groups in total. The average molecular weight is 462 g/mol. The topological polar surface area (TPSA) is 45.6 Å². The van der Waals surface area contributed by atoms with Crippen molar-refractivity contribution >= 4 is 50.4 Å². The molecule has 0 bridgehead atoms. The fourth-order valence-corrected chi connectivity index (χ4v) is 5.92. The van der Waals surface area contributed by atoms with Crippen LogP contribution in [0.4, 0.5) is 5.69 Å². The number of rotatable bonds is 2. The van der Waals surface area contributed by atoms with E-state index in [1.807, 2.05) is 60.8 Å². The number of benzene rings is 3. The third-order valence-corrected chi connectivity index (χ3v) is 7.83. The van der Waals surface area contributed by atoms with Crippen molar-refractivity contribution in [3.8, 4) is 0 Å². The zero-order valence-corrected chi connectivity index (χ0v) is 20.1. The molecule has 0 saturated carbocycles. The minimum atomic E-state index is -0.210. The minimum absolute atomic E-state index is 0.0921. The summed E-state index contributed by atoms with van der Waals surface area (Å²) in [4.78, 5) is 25.5. The fourth-order valence-electron chi connectivity index (χ4n) is 4.94. The first kappa shape index (κ1) is 20.8. The van der Waals surface area contributed by atoms with Crippen molar-refractivity contribution in [2.45, 2.75) is 19.3 Å². The summed E-state index contributed by atoms with van der Waals surface area (Å²) < 4.78 is 1.07. The van der Waals surface area contributed by atoms with Gasteiger partial charge in [0.25, 0.3) is 0 Å². The lowest BCUT2D eigenvalue weighted by molar-refractivity contribution is -0.108. The fraction of sp³-hybridized carbons (Fsp3) is 0.138. The number of para-hydroxylation sites is 2. The van der Waals surface area contributed by atoms with E-state index in [9.17, 15) is 4.79 Å². The Bertz CT molecular complexity index is 1540. The molecule has 0 radical (unpaired) electrons. The smallest absolute Gasteiger partial charge is 0.215 e. The van der Waals surface area contributed by atoms with Crippen molar-refractivity contribution < 1.29 is 4.79 Å². The number of nitrogens with zero attached hydrogens (tertiary/aromatic N) is 3. The van der Waals surface area contributed by atoms with Gasteiger partial charge in [0.2, 0.25) is 5.78 Å². The SMILES string of the molecule is CN1/C(=C\N=C2C(=O)C(c3nc4ccccc4s3)=Cc3ccccc32)C(C)(C)c2ccccc21. The van der Waals surface area contributed by atoms with Crippen molar-refractivity contribution in [2.24, 2.45) is 4.99 Å². The number of thiazole rings is 1. The number of hydrogen-bond donors (Lipinski definition) is 0. The highest BCUT2D eigenvalue weighted by Crippen LogP contribution is 2.46. The molecule has 2 aliphatic rings. The summed E-state index contributed by atoms with van der Waals surface area (Å²) in [5, 5.41) is 0.728. The van der Waals surface area contributed by atoms with Gasteiger partial charge in [0.15, 0.2) is 0 Å². The molecule has 1 aliphatic heterocycles. The summed E-state index contributed by atoms with van der Waals surface area (Å²) in [6.45, 7) is 4.40. The Labute approximate surface area is 202 Å². The number of aliphatic imine (C=N–C) groups is 1. The molecule has 6 rings (SSSR count). The number of fused-ring (bicyclic) bond motifs is 3. The van der Waals surface area contributed by atoms with E-state index < -0.39 is 0 Å². The molecule has 5 heteroatoms. The van der Waals surface area contributed by atoms with Crippen LogP contribution in [0.2, 0.25) is 0 Å². The molecule has 0 spiro atoms. The van der Waals surface area contributed by atoms with Gasteiger partial charge < -0.3 is 4.90 Å². The Morgan fingerprint density at radius 1 is 0.971 bits per heavy atom. The van der Waals surface area contributed by atoms with Crippen LogP contribution < -0.4 is 4.90 Å². The van der Waals surface area contributed by atoms with Gasteiger partial charge in [0, 0.05) is 35.6 Å². The van der Waals surface area contributed by atoms with Crippen LogP contribution in [0.25, 0.3) is 21.9 Å². The van der Waals surface area contributed by atoms with Gasteiger partial charge >= 0.3 is 0 Å². The second-order valence-corrected chi connectivity index (χ2v) is 10.2. The summed E-state index contributed by atoms with van der Waals surface area (Å²) >= 11 is 1.54. The summed E-state index contributed by atoms with van der Waals surface area (Å²) in [6.07, 6.45) is 3.81. The molecule has 0 unspecified atom stereocenters. The molecule has 4 nitrogen and oxygen atoms in total. The molecule has 2 heterocycles. The lowest BCUT2D eigenvalue weighted by Gasteiger charge is -2.23. The van der Waals surface area contributed by atoms with Crippen LogP contribution in [0.5, 0.6) is 0 Å². The number of ketones is 1. The lowest BCUT2D eigenvalue weighted by Crippen LogP contribution is -2.24. The molecule has 0 atom stereocenters. The third kappa shape index (κ3) is 3.08. The molecule has 0 fully saturated rings. The van der Waals surface area contributed by atoms with E-state index in [0.29, 0.717) is 11.3 Å². The van der Waals surface area contributed by atoms with Crippen LogP contribution in [0.15, 0.2) is 89.7 Å². The monoisotopic (exact) mass is 461 g/mol. The molecule has 1 aromatic heterocycles. The minimum Gasteiger partial charge on any atom is -0.346 e. The predicted octanol–water partition coefficient (Wildman–Crippen LogP) is 6.48. The molecule has 0 amide bonds. The summed E-state index contributed by atoms with van der Waals surface area (Å²) in [6, 6.07) is 24.3. The van der Waals surface area contributed by atoms with Gasteiger partial charge in [0.1, 0.15) is 10.7 Å². The molecule has 0 saturated heterocycles. The second kappa shape index (κ2) is 7.61. The maximum Gasteiger partial charge on any atom is 0.215 e. The van der Waals surface area contributed by atoms with E-state index in [-0.39, 0.29) is 11.2 Å². The van der Waals surface area contributed by atoms with E-state index in [2.05, 4.69) is 50.1 Å². The van der Waals surface area contributed by atoms with E-state index in [0.717, 1.165) is 32.0 Å². The van der Waals surface area contributed by atoms with Crippen molar-refractivity contribution in [2.75, 3.05) is 11.9 Å². The zero-order chi connectivity index (χ0) is 23.4. The van der Waals surface area contributed by atoms with Gasteiger partial charge in [-0.25, -0.2) is 4.98 Å². The zero-order valence-electron chi connectivity index (χ0n) is 19.2. The quantitative estimate of drug-likeness (QED) is 0.343. The highest BCUT2D eigenvalue weighted by Gasteiger charge is 2.38. The molecular formula is C29H23N3OS. The lowest BCUT2D eigenvalue weighted by atomic mass is 9.84. The second-order valence-electron chi connectivity index (χ2n) is 9.15. The summed E-state index contributed by atoms with van der Waals surface area (Å²) in [5.74, 6) is -0.0921. The van der Waals surface area contributed by atoms with Crippen LogP contribution in [-0.4, -0.2) is 23.5 Å². The molecule has 4 aromatic rings. The van der Waals surface area contributed by atoms with Crippen LogP contribution in [0, 0.1) is 0 Å². The van der Waals surface area contributed by atoms with Gasteiger partial charge in [-0.05, 0) is 35.4 Å². The van der Waals surface area contributed by atoms with Crippen molar-refractivity contribution in [1.29, 1.82) is 0 Å². The number of hydrogen-bond acceptors (Lipinski definition) is 5. The maximum atomic E-state index is 13.8. The van der Waals surface area contributed by atoms with E-state index >= 15 is 0 Å². The Kier molecular flexibility index (Phi) is 4.64. The standard InChI is InChI=1S/C29H23N3OS/c1-29(2)21-12-6-8-14-23(21)32(3)25(29)17-30-26-19-11-5-4-10-18(19)16-20(27(26)33)28-31-22-13-7-9-15-24(22)34-28/h4-17H,1-3H3/b25-17-,30-26?. The van der Waals surface area contributed by atoms with Crippen LogP contribution in [-0.2, 0) is 10.2 Å². The van der Waals surface area contributed by atoms with Gasteiger partial charge in [0.05, 0.1) is 15.8 Å². The van der Waals surface area contributed by atoms with Gasteiger partial charge in [-0.2, -0.15) is 0 Å². The Hall–Kier alpha value is -3.83. The molecular weight excluding hydrogens is 438 g/mol. The number of anilines is 1. The van der Waals surface area contributed by atoms with Gasteiger partial charge in [-0.1, -0.05) is 68.4 Å². The maximum absolute atomic E-state index is 13.8. The molecule has 166 valence electrons. The summed E-state index contributed by atoms with van der Waals surface area (Å²) in [7, 11) is 2.06. The number of carbonyl (C=O) groups is 1. The first-order chi connectivity index (χ1) is 16.4. The van der Waals surface area contributed by atoms with E-state index in [4.69, 9.17) is 9.98 Å². The van der Waals surface area contributed by atoms with E-state index in [1.165, 1.54) is 11.3 Å². The largest absolute Gasteiger partial charge is 0.346 e. The van der Waals surface area contributed by atoms with Crippen molar-refractivity contribution in [3.05, 3.63) is 106 Å². The molecule has 34 heavy (non-hydrogen) atoms. The molecule has 1 aliphatic carbocycles. The first-order valence-electron chi connectivity index (χ1n) is 11.3. The van der Waals surface area contributed by atoms with Gasteiger partial charge in [-0.3, -0.25) is 9.79 Å². The number of likely N-dealkylation sites (N-methyl/N-ethyl adjacent to an activating group) is 1. The highest BCUT2D eigenvalue weighted by atomic mass is 32.1. The number of allylic oxidation sites excluding steroid dienone is 2. The average Bonchev–Trinajstić information content (AvgIpc) is 3.36. The highest BCUT2D eigenvalue weighted by molar-refractivity contribution is 7.20. The van der Waals surface area contributed by atoms with Crippen LogP contribution >= 0.6 is 11.3 Å². The van der Waals surface area contributed by atoms with E-state index in [1.54, 1.807) is 11.3 Å². The number of aromatic nitrogens is 1. The molecule has 3 aromatic carbocycles. The van der Waals surface area contributed by atoms with Crippen molar-refractivity contribution in [3.63, 3.8) is 0 Å². The van der Waals surface area contributed by atoms with Crippen molar-refractivity contribution in [1.82, 2.24) is 4.98 Å². The Morgan fingerprint density at radius 3 is 2.53 bits per heavy atom. The van der Waals surface area contributed by atoms with Gasteiger partial charge in [-0.15, -0.1) is 11.3 Å². The first-order valence-corrected chi connectivity index (χ1v) is 12.1. The number of carbonyl (C=O) groups excluding carboxylic acids is 1. The van der Waals surface area contributed by atoms with Crippen LogP contribution in [0.3, 0.4) is 0 Å². The Morgan fingerprint density at radius 2 is 1.71 bits per heavy atom. The third-order valence-electron chi connectivity index (χ3n) is 6.76. The predicted molar refractivity (Wildman–Crippen MR) is 141 cm³/mol. The van der Waals surface area contributed by atoms with Crippen LogP contribution in [0.1, 0.15) is 35.5 Å². The number of Topliss-reactive ketones (excluding diaryl/α,β-unsaturated/α-hetero) is 1. The Balaban J connectivity index is 1.48. The summed E-state index contributed by atoms with van der Waals surface area (Å²) in [5.41, 5.74) is 7.07. The normalized spacial score (nSPS) is 19.0.